The monoisotopic (exact) mass is 176 g/mol. The van der Waals surface area contributed by atoms with Gasteiger partial charge in [0.25, 0.3) is 0 Å². The molecule has 0 aliphatic heterocycles. The summed E-state index contributed by atoms with van der Waals surface area (Å²) < 4.78 is 0. The van der Waals surface area contributed by atoms with Gasteiger partial charge in [-0.15, -0.1) is 6.42 Å². The lowest BCUT2D eigenvalue weighted by atomic mass is 10.2. The van der Waals surface area contributed by atoms with Crippen LogP contribution in [0.2, 0.25) is 0 Å². The van der Waals surface area contributed by atoms with Gasteiger partial charge in [0.1, 0.15) is 0 Å². The molecule has 1 heterocycles. The molecule has 2 nitrogen and oxygen atoms in total. The molecular formula is C11H16N2. The standard InChI is InChI=1S/C11H16N2/c1-3-6-10(4-2)13-9-11-7-5-8-12-11/h2,5,7-8,10,12-13H,3,6,9H2,1H3. The first-order valence-electron chi connectivity index (χ1n) is 4.68. The highest BCUT2D eigenvalue weighted by Gasteiger charge is 2.01. The van der Waals surface area contributed by atoms with Gasteiger partial charge in [-0.25, -0.2) is 0 Å². The van der Waals surface area contributed by atoms with Crippen molar-refractivity contribution in [1.82, 2.24) is 10.3 Å². The third-order valence-corrected chi connectivity index (χ3v) is 1.98. The Labute approximate surface area is 79.7 Å². The summed E-state index contributed by atoms with van der Waals surface area (Å²) in [7, 11) is 0. The van der Waals surface area contributed by atoms with Gasteiger partial charge in [-0.2, -0.15) is 0 Å². The largest absolute Gasteiger partial charge is 0.364 e. The van der Waals surface area contributed by atoms with Crippen LogP contribution in [0.25, 0.3) is 0 Å². The minimum atomic E-state index is 0.202. The summed E-state index contributed by atoms with van der Waals surface area (Å²) in [5, 5.41) is 3.31. The van der Waals surface area contributed by atoms with Crippen LogP contribution < -0.4 is 5.32 Å². The quantitative estimate of drug-likeness (QED) is 0.659. The highest BCUT2D eigenvalue weighted by molar-refractivity contribution is 5.05. The van der Waals surface area contributed by atoms with Gasteiger partial charge >= 0.3 is 0 Å². The predicted octanol–water partition coefficient (Wildman–Crippen LogP) is 1.91. The van der Waals surface area contributed by atoms with E-state index in [4.69, 9.17) is 6.42 Å². The van der Waals surface area contributed by atoms with Gasteiger partial charge in [0.15, 0.2) is 0 Å². The van der Waals surface area contributed by atoms with E-state index in [1.807, 2.05) is 18.3 Å². The molecule has 0 saturated carbocycles. The predicted molar refractivity (Wildman–Crippen MR) is 55.2 cm³/mol. The lowest BCUT2D eigenvalue weighted by Gasteiger charge is -2.10. The third-order valence-electron chi connectivity index (χ3n) is 1.98. The number of hydrogen-bond donors (Lipinski definition) is 2. The van der Waals surface area contributed by atoms with E-state index in [2.05, 4.69) is 23.1 Å². The van der Waals surface area contributed by atoms with Gasteiger partial charge < -0.3 is 4.98 Å². The van der Waals surface area contributed by atoms with Crippen molar-refractivity contribution in [2.75, 3.05) is 0 Å². The van der Waals surface area contributed by atoms with Crippen LogP contribution in [0, 0.1) is 12.3 Å². The fraction of sp³-hybridized carbons (Fsp3) is 0.455. The maximum absolute atomic E-state index is 5.38. The molecule has 0 bridgehead atoms. The Balaban J connectivity index is 2.29. The Hall–Kier alpha value is -1.20. The molecule has 1 atom stereocenters. The fourth-order valence-corrected chi connectivity index (χ4v) is 1.24. The molecule has 1 aromatic rings. The molecule has 70 valence electrons. The van der Waals surface area contributed by atoms with Crippen molar-refractivity contribution < 1.29 is 0 Å². The van der Waals surface area contributed by atoms with Crippen molar-refractivity contribution in [2.45, 2.75) is 32.4 Å². The van der Waals surface area contributed by atoms with Crippen LogP contribution in [0.3, 0.4) is 0 Å². The zero-order valence-corrected chi connectivity index (χ0v) is 8.01. The van der Waals surface area contributed by atoms with Gasteiger partial charge in [-0.3, -0.25) is 5.32 Å². The van der Waals surface area contributed by atoms with Crippen LogP contribution in [0.1, 0.15) is 25.5 Å². The van der Waals surface area contributed by atoms with E-state index in [0.717, 1.165) is 19.4 Å². The Morgan fingerprint density at radius 2 is 2.54 bits per heavy atom. The van der Waals surface area contributed by atoms with E-state index in [0.29, 0.717) is 0 Å². The molecule has 1 rings (SSSR count). The first-order valence-corrected chi connectivity index (χ1v) is 4.68. The average molecular weight is 176 g/mol. The van der Waals surface area contributed by atoms with Gasteiger partial charge in [-0.05, 0) is 18.6 Å². The lowest BCUT2D eigenvalue weighted by Crippen LogP contribution is -2.26. The molecule has 2 heteroatoms. The van der Waals surface area contributed by atoms with Crippen LogP contribution in [0.5, 0.6) is 0 Å². The van der Waals surface area contributed by atoms with Gasteiger partial charge in [0, 0.05) is 18.4 Å². The summed E-state index contributed by atoms with van der Waals surface area (Å²) in [6.07, 6.45) is 9.45. The Bertz CT molecular complexity index is 256. The molecule has 1 unspecified atom stereocenters. The van der Waals surface area contributed by atoms with Crippen molar-refractivity contribution >= 4 is 0 Å². The maximum atomic E-state index is 5.38. The van der Waals surface area contributed by atoms with Crippen molar-refractivity contribution in [1.29, 1.82) is 0 Å². The second-order valence-electron chi connectivity index (χ2n) is 3.08. The van der Waals surface area contributed by atoms with Gasteiger partial charge in [0.2, 0.25) is 0 Å². The van der Waals surface area contributed by atoms with Crippen LogP contribution in [0.4, 0.5) is 0 Å². The lowest BCUT2D eigenvalue weighted by molar-refractivity contribution is 0.558. The molecule has 1 aromatic heterocycles. The summed E-state index contributed by atoms with van der Waals surface area (Å²) in [5.41, 5.74) is 1.18. The van der Waals surface area contributed by atoms with E-state index >= 15 is 0 Å². The van der Waals surface area contributed by atoms with E-state index in [1.165, 1.54) is 5.69 Å². The smallest absolute Gasteiger partial charge is 0.0689 e. The summed E-state index contributed by atoms with van der Waals surface area (Å²) in [4.78, 5) is 3.13. The number of terminal acetylenes is 1. The number of aromatic amines is 1. The summed E-state index contributed by atoms with van der Waals surface area (Å²) in [6.45, 7) is 2.96. The molecule has 0 aromatic carbocycles. The summed E-state index contributed by atoms with van der Waals surface area (Å²) >= 11 is 0. The molecule has 0 fully saturated rings. The van der Waals surface area contributed by atoms with Crippen LogP contribution in [0.15, 0.2) is 18.3 Å². The van der Waals surface area contributed by atoms with Crippen LogP contribution in [-0.2, 0) is 6.54 Å². The van der Waals surface area contributed by atoms with Crippen LogP contribution in [-0.4, -0.2) is 11.0 Å². The van der Waals surface area contributed by atoms with Crippen molar-refractivity contribution in [3.63, 3.8) is 0 Å². The highest BCUT2D eigenvalue weighted by atomic mass is 14.9. The van der Waals surface area contributed by atoms with Crippen molar-refractivity contribution in [3.8, 4) is 12.3 Å². The minimum Gasteiger partial charge on any atom is -0.364 e. The molecule has 0 radical (unpaired) electrons. The van der Waals surface area contributed by atoms with E-state index in [1.54, 1.807) is 0 Å². The Morgan fingerprint density at radius 3 is 3.08 bits per heavy atom. The third kappa shape index (κ3) is 3.35. The number of H-pyrrole nitrogens is 1. The average Bonchev–Trinajstić information content (AvgIpc) is 2.64. The van der Waals surface area contributed by atoms with E-state index in [-0.39, 0.29) is 6.04 Å². The Kier molecular flexibility index (Phi) is 4.14. The molecule has 13 heavy (non-hydrogen) atoms. The Morgan fingerprint density at radius 1 is 1.69 bits per heavy atom. The number of aromatic nitrogens is 1. The SMILES string of the molecule is C#CC(CCC)NCc1ccc[nH]1. The zero-order valence-electron chi connectivity index (χ0n) is 8.01. The molecular weight excluding hydrogens is 160 g/mol. The maximum Gasteiger partial charge on any atom is 0.0689 e. The van der Waals surface area contributed by atoms with Crippen LogP contribution >= 0.6 is 0 Å². The topological polar surface area (TPSA) is 27.8 Å². The van der Waals surface area contributed by atoms with Crippen molar-refractivity contribution in [3.05, 3.63) is 24.0 Å². The minimum absolute atomic E-state index is 0.202. The fourth-order valence-electron chi connectivity index (χ4n) is 1.24. The molecule has 2 N–H and O–H groups in total. The van der Waals surface area contributed by atoms with E-state index < -0.39 is 0 Å². The normalized spacial score (nSPS) is 12.3. The molecule has 0 spiro atoms. The first-order chi connectivity index (χ1) is 6.36. The molecule has 0 aliphatic carbocycles. The molecule has 0 amide bonds. The van der Waals surface area contributed by atoms with Crippen molar-refractivity contribution in [2.24, 2.45) is 0 Å². The number of rotatable bonds is 5. The number of hydrogen-bond acceptors (Lipinski definition) is 1. The molecule has 0 saturated heterocycles. The zero-order chi connectivity index (χ0) is 9.52. The first kappa shape index (κ1) is 9.88. The summed E-state index contributed by atoms with van der Waals surface area (Å²) in [6, 6.07) is 4.24. The van der Waals surface area contributed by atoms with Gasteiger partial charge in [-0.1, -0.05) is 19.3 Å². The van der Waals surface area contributed by atoms with E-state index in [9.17, 15) is 0 Å². The second kappa shape index (κ2) is 5.45. The molecule has 0 aliphatic rings. The number of nitrogens with one attached hydrogen (secondary N) is 2. The van der Waals surface area contributed by atoms with Gasteiger partial charge in [0.05, 0.1) is 6.04 Å². The summed E-state index contributed by atoms with van der Waals surface area (Å²) in [5.74, 6) is 2.74. The second-order valence-corrected chi connectivity index (χ2v) is 3.08. The highest BCUT2D eigenvalue weighted by Crippen LogP contribution is 1.98.